The van der Waals surface area contributed by atoms with E-state index in [1.54, 1.807) is 4.57 Å². The van der Waals surface area contributed by atoms with Crippen LogP contribution in [0.5, 0.6) is 0 Å². The van der Waals surface area contributed by atoms with Gasteiger partial charge < -0.3 is 9.67 Å². The number of carboxylic acids is 1. The van der Waals surface area contributed by atoms with E-state index >= 15 is 0 Å². The fraction of sp³-hybridized carbons (Fsp3) is 0.538. The van der Waals surface area contributed by atoms with Crippen LogP contribution in [0.3, 0.4) is 0 Å². The van der Waals surface area contributed by atoms with Gasteiger partial charge in [-0.05, 0) is 24.8 Å². The molecule has 0 radical (unpaired) electrons. The van der Waals surface area contributed by atoms with Crippen molar-refractivity contribution in [1.82, 2.24) is 4.57 Å². The normalized spacial score (nSPS) is 16.8. The van der Waals surface area contributed by atoms with Crippen LogP contribution < -0.4 is 5.56 Å². The molecule has 2 rings (SSSR count). The van der Waals surface area contributed by atoms with Crippen molar-refractivity contribution >= 4 is 5.97 Å². The number of hydrogen-bond donors (Lipinski definition) is 1. The maximum atomic E-state index is 11.8. The lowest BCUT2D eigenvalue weighted by atomic mass is 10.1. The molecule has 92 valence electrons. The second-order valence-electron chi connectivity index (χ2n) is 4.71. The van der Waals surface area contributed by atoms with Gasteiger partial charge in [0.15, 0.2) is 0 Å². The lowest BCUT2D eigenvalue weighted by Crippen LogP contribution is -2.25. The summed E-state index contributed by atoms with van der Waals surface area (Å²) in [6.45, 7) is 2.03. The Hall–Kier alpha value is -1.58. The molecule has 4 nitrogen and oxygen atoms in total. The third-order valence-electron chi connectivity index (χ3n) is 3.35. The number of carboxylic acid groups (broad SMARTS) is 1. The summed E-state index contributed by atoms with van der Waals surface area (Å²) < 4.78 is 1.59. The van der Waals surface area contributed by atoms with Crippen molar-refractivity contribution < 1.29 is 9.90 Å². The molecule has 0 amide bonds. The molecule has 0 saturated heterocycles. The van der Waals surface area contributed by atoms with Gasteiger partial charge in [0.1, 0.15) is 0 Å². The molecular weight excluding hydrogens is 218 g/mol. The highest BCUT2D eigenvalue weighted by Crippen LogP contribution is 2.37. The summed E-state index contributed by atoms with van der Waals surface area (Å²) >= 11 is 0. The van der Waals surface area contributed by atoms with Gasteiger partial charge >= 0.3 is 5.97 Å². The molecule has 0 bridgehead atoms. The first kappa shape index (κ1) is 11.9. The molecule has 0 spiro atoms. The number of hydrogen-bond acceptors (Lipinski definition) is 2. The molecule has 1 aliphatic rings. The molecule has 1 aromatic heterocycles. The molecule has 1 aliphatic carbocycles. The predicted octanol–water partition coefficient (Wildman–Crippen LogP) is 2.30. The monoisotopic (exact) mass is 235 g/mol. The molecule has 1 aromatic rings. The van der Waals surface area contributed by atoms with Crippen molar-refractivity contribution in [2.45, 2.75) is 38.6 Å². The van der Waals surface area contributed by atoms with E-state index < -0.39 is 5.97 Å². The molecule has 1 saturated carbocycles. The summed E-state index contributed by atoms with van der Waals surface area (Å²) in [5.74, 6) is -0.264. The Morgan fingerprint density at radius 3 is 2.76 bits per heavy atom. The molecule has 1 N–H and O–H groups in total. The maximum absolute atomic E-state index is 11.8. The number of nitrogens with zero attached hydrogens (tertiary/aromatic N) is 1. The summed E-state index contributed by atoms with van der Waals surface area (Å²) in [4.78, 5) is 22.7. The molecule has 1 fully saturated rings. The van der Waals surface area contributed by atoms with Gasteiger partial charge in [0, 0.05) is 18.3 Å². The molecule has 1 heterocycles. The fourth-order valence-corrected chi connectivity index (χ4v) is 2.13. The Kier molecular flexibility index (Phi) is 3.31. The van der Waals surface area contributed by atoms with Crippen LogP contribution in [0.2, 0.25) is 0 Å². The average molecular weight is 235 g/mol. The van der Waals surface area contributed by atoms with Gasteiger partial charge in [-0.2, -0.15) is 0 Å². The second-order valence-corrected chi connectivity index (χ2v) is 4.71. The van der Waals surface area contributed by atoms with Crippen molar-refractivity contribution in [2.75, 3.05) is 0 Å². The average Bonchev–Trinajstić information content (AvgIpc) is 3.10. The van der Waals surface area contributed by atoms with Crippen LogP contribution in [0.1, 0.15) is 49.0 Å². The van der Waals surface area contributed by atoms with Gasteiger partial charge in [0.2, 0.25) is 0 Å². The third kappa shape index (κ3) is 2.75. The number of aromatic carboxylic acids is 1. The van der Waals surface area contributed by atoms with Crippen LogP contribution in [0, 0.1) is 5.92 Å². The van der Waals surface area contributed by atoms with Crippen LogP contribution >= 0.6 is 0 Å². The first-order chi connectivity index (χ1) is 8.11. The predicted molar refractivity (Wildman–Crippen MR) is 64.3 cm³/mol. The maximum Gasteiger partial charge on any atom is 0.337 e. The number of carbonyl (C=O) groups is 1. The molecule has 0 aromatic carbocycles. The van der Waals surface area contributed by atoms with E-state index in [-0.39, 0.29) is 17.2 Å². The fourth-order valence-electron chi connectivity index (χ4n) is 2.13. The molecular formula is C13H17NO3. The smallest absolute Gasteiger partial charge is 0.337 e. The zero-order valence-corrected chi connectivity index (χ0v) is 9.93. The Morgan fingerprint density at radius 2 is 2.24 bits per heavy atom. The van der Waals surface area contributed by atoms with Crippen LogP contribution in [-0.2, 0) is 0 Å². The van der Waals surface area contributed by atoms with E-state index in [0.29, 0.717) is 0 Å². The Labute approximate surface area is 99.9 Å². The summed E-state index contributed by atoms with van der Waals surface area (Å²) in [7, 11) is 0. The van der Waals surface area contributed by atoms with E-state index in [1.807, 2.05) is 6.92 Å². The van der Waals surface area contributed by atoms with Gasteiger partial charge in [0.25, 0.3) is 5.56 Å². The van der Waals surface area contributed by atoms with Crippen molar-refractivity contribution in [2.24, 2.45) is 5.92 Å². The lowest BCUT2D eigenvalue weighted by molar-refractivity contribution is 0.0695. The van der Waals surface area contributed by atoms with Gasteiger partial charge in [-0.1, -0.05) is 19.8 Å². The zero-order valence-electron chi connectivity index (χ0n) is 9.93. The third-order valence-corrected chi connectivity index (χ3v) is 3.35. The SMILES string of the molecule is CCC(CC1CC1)n1cc(C(=O)O)ccc1=O. The van der Waals surface area contributed by atoms with Gasteiger partial charge in [0.05, 0.1) is 5.56 Å². The zero-order chi connectivity index (χ0) is 12.4. The van der Waals surface area contributed by atoms with Gasteiger partial charge in [-0.25, -0.2) is 4.79 Å². The Balaban J connectivity index is 2.29. The molecule has 1 unspecified atom stereocenters. The quantitative estimate of drug-likeness (QED) is 0.851. The number of rotatable bonds is 5. The van der Waals surface area contributed by atoms with Gasteiger partial charge in [-0.3, -0.25) is 4.79 Å². The van der Waals surface area contributed by atoms with Crippen molar-refractivity contribution in [1.29, 1.82) is 0 Å². The van der Waals surface area contributed by atoms with Gasteiger partial charge in [-0.15, -0.1) is 0 Å². The number of aromatic nitrogens is 1. The summed E-state index contributed by atoms with van der Waals surface area (Å²) in [6.07, 6.45) is 5.80. The standard InChI is InChI=1S/C13H17NO3/c1-2-11(7-9-3-4-9)14-8-10(13(16)17)5-6-12(14)15/h5-6,8-9,11H,2-4,7H2,1H3,(H,16,17). The van der Waals surface area contributed by atoms with E-state index in [9.17, 15) is 9.59 Å². The largest absolute Gasteiger partial charge is 0.478 e. The Bertz CT molecular complexity index is 474. The summed E-state index contributed by atoms with van der Waals surface area (Å²) in [6, 6.07) is 2.85. The van der Waals surface area contributed by atoms with E-state index in [0.717, 1.165) is 18.8 Å². The highest BCUT2D eigenvalue weighted by atomic mass is 16.4. The summed E-state index contributed by atoms with van der Waals surface area (Å²) in [5, 5.41) is 8.93. The highest BCUT2D eigenvalue weighted by molar-refractivity contribution is 5.87. The first-order valence-electron chi connectivity index (χ1n) is 6.07. The molecule has 17 heavy (non-hydrogen) atoms. The highest BCUT2D eigenvalue weighted by Gasteiger charge is 2.26. The van der Waals surface area contributed by atoms with Crippen molar-refractivity contribution in [3.8, 4) is 0 Å². The molecule has 4 heteroatoms. The van der Waals surface area contributed by atoms with Crippen molar-refractivity contribution in [3.63, 3.8) is 0 Å². The van der Waals surface area contributed by atoms with Crippen LogP contribution in [0.15, 0.2) is 23.1 Å². The van der Waals surface area contributed by atoms with E-state index in [4.69, 9.17) is 5.11 Å². The van der Waals surface area contributed by atoms with Crippen LogP contribution in [-0.4, -0.2) is 15.6 Å². The number of pyridine rings is 1. The van der Waals surface area contributed by atoms with E-state index in [2.05, 4.69) is 0 Å². The Morgan fingerprint density at radius 1 is 1.53 bits per heavy atom. The van der Waals surface area contributed by atoms with Crippen molar-refractivity contribution in [3.05, 3.63) is 34.2 Å². The lowest BCUT2D eigenvalue weighted by Gasteiger charge is -2.18. The van der Waals surface area contributed by atoms with Crippen LogP contribution in [0.4, 0.5) is 0 Å². The first-order valence-corrected chi connectivity index (χ1v) is 6.07. The summed E-state index contributed by atoms with van der Waals surface area (Å²) in [5.41, 5.74) is 0.0707. The molecule has 1 atom stereocenters. The second kappa shape index (κ2) is 4.73. The van der Waals surface area contributed by atoms with E-state index in [1.165, 1.54) is 31.2 Å². The topological polar surface area (TPSA) is 59.3 Å². The minimum atomic E-state index is -0.986. The van der Waals surface area contributed by atoms with Crippen LogP contribution in [0.25, 0.3) is 0 Å². The minimum Gasteiger partial charge on any atom is -0.478 e. The molecule has 0 aliphatic heterocycles. The minimum absolute atomic E-state index is 0.109.